The van der Waals surface area contributed by atoms with Crippen molar-refractivity contribution in [1.82, 2.24) is 10.3 Å². The Bertz CT molecular complexity index is 919. The number of aryl methyl sites for hydroxylation is 1. The summed E-state index contributed by atoms with van der Waals surface area (Å²) in [5.41, 5.74) is 3.41. The minimum atomic E-state index is -0.448. The van der Waals surface area contributed by atoms with Gasteiger partial charge in [0.2, 0.25) is 5.91 Å². The van der Waals surface area contributed by atoms with Gasteiger partial charge in [0, 0.05) is 0 Å². The molecule has 0 bridgehead atoms. The maximum Gasteiger partial charge on any atom is 0.308 e. The van der Waals surface area contributed by atoms with Gasteiger partial charge in [-0.05, 0) is 31.5 Å². The standard InChI is InChI=1S/C21H22N2O4S/c1-3-26-20(25)12-17(15-10-8-14(2)9-11-15)22-19(24)13-28-21-23-16-6-4-5-7-18(16)27-21/h4-11,17H,3,12-13H2,1-2H3,(H,22,24)/t17-/m0/s1. The van der Waals surface area contributed by atoms with Crippen LogP contribution in [0.15, 0.2) is 58.2 Å². The lowest BCUT2D eigenvalue weighted by molar-refractivity contribution is -0.143. The molecule has 0 radical (unpaired) electrons. The van der Waals surface area contributed by atoms with Crippen molar-refractivity contribution in [3.05, 3.63) is 59.7 Å². The molecule has 1 amide bonds. The number of oxazole rings is 1. The first-order chi connectivity index (χ1) is 13.5. The number of nitrogens with zero attached hydrogens (tertiary/aromatic N) is 1. The van der Waals surface area contributed by atoms with Crippen LogP contribution in [0.2, 0.25) is 0 Å². The number of hydrogen-bond acceptors (Lipinski definition) is 6. The van der Waals surface area contributed by atoms with E-state index in [1.165, 1.54) is 11.8 Å². The summed E-state index contributed by atoms with van der Waals surface area (Å²) in [5, 5.41) is 3.35. The average molecular weight is 398 g/mol. The summed E-state index contributed by atoms with van der Waals surface area (Å²) >= 11 is 1.22. The second-order valence-electron chi connectivity index (χ2n) is 6.28. The number of nitrogens with one attached hydrogen (secondary N) is 1. The first-order valence-corrected chi connectivity index (χ1v) is 10.0. The van der Waals surface area contributed by atoms with Crippen LogP contribution in [-0.4, -0.2) is 29.2 Å². The van der Waals surface area contributed by atoms with E-state index in [-0.39, 0.29) is 24.1 Å². The Morgan fingerprint density at radius 3 is 2.64 bits per heavy atom. The molecule has 3 rings (SSSR count). The molecule has 0 aliphatic heterocycles. The van der Waals surface area contributed by atoms with Crippen molar-refractivity contribution in [2.75, 3.05) is 12.4 Å². The van der Waals surface area contributed by atoms with Gasteiger partial charge in [-0.1, -0.05) is 53.7 Å². The Morgan fingerprint density at radius 1 is 1.18 bits per heavy atom. The molecule has 0 aliphatic rings. The quantitative estimate of drug-likeness (QED) is 0.456. The highest BCUT2D eigenvalue weighted by Crippen LogP contribution is 2.24. The highest BCUT2D eigenvalue weighted by atomic mass is 32.2. The molecule has 0 spiro atoms. The van der Waals surface area contributed by atoms with E-state index in [4.69, 9.17) is 9.15 Å². The van der Waals surface area contributed by atoms with Crippen molar-refractivity contribution < 1.29 is 18.7 Å². The van der Waals surface area contributed by atoms with Crippen molar-refractivity contribution in [3.63, 3.8) is 0 Å². The minimum Gasteiger partial charge on any atom is -0.466 e. The van der Waals surface area contributed by atoms with Gasteiger partial charge in [-0.3, -0.25) is 9.59 Å². The van der Waals surface area contributed by atoms with Gasteiger partial charge in [-0.2, -0.15) is 0 Å². The number of carbonyl (C=O) groups excluding carboxylic acids is 2. The van der Waals surface area contributed by atoms with Crippen LogP contribution in [0, 0.1) is 6.92 Å². The topological polar surface area (TPSA) is 81.4 Å². The van der Waals surface area contributed by atoms with E-state index in [1.54, 1.807) is 6.92 Å². The molecule has 146 valence electrons. The predicted molar refractivity (Wildman–Crippen MR) is 108 cm³/mol. The number of ether oxygens (including phenoxy) is 1. The Balaban J connectivity index is 1.64. The molecule has 28 heavy (non-hydrogen) atoms. The van der Waals surface area contributed by atoms with Crippen LogP contribution >= 0.6 is 11.8 Å². The van der Waals surface area contributed by atoms with Crippen LogP contribution in [0.25, 0.3) is 11.1 Å². The smallest absolute Gasteiger partial charge is 0.308 e. The van der Waals surface area contributed by atoms with Gasteiger partial charge in [-0.25, -0.2) is 4.98 Å². The molecule has 0 fully saturated rings. The molecular weight excluding hydrogens is 376 g/mol. The summed E-state index contributed by atoms with van der Waals surface area (Å²) in [6.45, 7) is 4.05. The van der Waals surface area contributed by atoms with E-state index in [1.807, 2.05) is 55.5 Å². The first kappa shape index (κ1) is 19.9. The van der Waals surface area contributed by atoms with E-state index < -0.39 is 6.04 Å². The summed E-state index contributed by atoms with van der Waals surface area (Å²) in [6, 6.07) is 14.7. The number of aromatic nitrogens is 1. The fraction of sp³-hybridized carbons (Fsp3) is 0.286. The van der Waals surface area contributed by atoms with Gasteiger partial charge in [0.25, 0.3) is 5.22 Å². The second-order valence-corrected chi connectivity index (χ2v) is 7.20. The highest BCUT2D eigenvalue weighted by molar-refractivity contribution is 7.99. The number of fused-ring (bicyclic) bond motifs is 1. The number of para-hydroxylation sites is 2. The third-order valence-corrected chi connectivity index (χ3v) is 4.92. The lowest BCUT2D eigenvalue weighted by atomic mass is 10.0. The summed E-state index contributed by atoms with van der Waals surface area (Å²) in [4.78, 5) is 28.8. The van der Waals surface area contributed by atoms with E-state index in [0.29, 0.717) is 17.4 Å². The molecule has 1 atom stereocenters. The summed E-state index contributed by atoms with van der Waals surface area (Å²) in [6.07, 6.45) is 0.0796. The molecule has 0 saturated carbocycles. The number of rotatable bonds is 8. The monoisotopic (exact) mass is 398 g/mol. The van der Waals surface area contributed by atoms with E-state index in [0.717, 1.165) is 16.6 Å². The lowest BCUT2D eigenvalue weighted by Crippen LogP contribution is -2.31. The molecule has 2 aromatic carbocycles. The predicted octanol–water partition coefficient (Wildman–Crippen LogP) is 4.04. The Hall–Kier alpha value is -2.80. The number of hydrogen-bond donors (Lipinski definition) is 1. The van der Waals surface area contributed by atoms with Gasteiger partial charge in [0.15, 0.2) is 5.58 Å². The SMILES string of the molecule is CCOC(=O)C[C@H](NC(=O)CSc1nc2ccccc2o1)c1ccc(C)cc1. The maximum absolute atomic E-state index is 12.5. The van der Waals surface area contributed by atoms with Crippen molar-refractivity contribution in [1.29, 1.82) is 0 Å². The number of benzene rings is 2. The molecule has 1 N–H and O–H groups in total. The highest BCUT2D eigenvalue weighted by Gasteiger charge is 2.20. The fourth-order valence-electron chi connectivity index (χ4n) is 2.71. The molecule has 6 nitrogen and oxygen atoms in total. The summed E-state index contributed by atoms with van der Waals surface area (Å²) < 4.78 is 10.7. The lowest BCUT2D eigenvalue weighted by Gasteiger charge is -2.18. The number of thioether (sulfide) groups is 1. The van der Waals surface area contributed by atoms with Gasteiger partial charge >= 0.3 is 5.97 Å². The van der Waals surface area contributed by atoms with Crippen molar-refractivity contribution in [2.45, 2.75) is 31.5 Å². The van der Waals surface area contributed by atoms with Crippen LogP contribution in [0.5, 0.6) is 0 Å². The second kappa shape index (κ2) is 9.41. The van der Waals surface area contributed by atoms with E-state index in [9.17, 15) is 9.59 Å². The molecule has 0 saturated heterocycles. The number of esters is 1. The third kappa shape index (κ3) is 5.36. The molecule has 3 aromatic rings. The molecule has 7 heteroatoms. The van der Waals surface area contributed by atoms with Crippen LogP contribution in [0.1, 0.15) is 30.5 Å². The van der Waals surface area contributed by atoms with Crippen molar-refractivity contribution in [2.24, 2.45) is 0 Å². The molecule has 1 heterocycles. The number of carbonyl (C=O) groups is 2. The van der Waals surface area contributed by atoms with Gasteiger partial charge in [0.1, 0.15) is 5.52 Å². The largest absolute Gasteiger partial charge is 0.466 e. The average Bonchev–Trinajstić information content (AvgIpc) is 3.10. The summed E-state index contributed by atoms with van der Waals surface area (Å²) in [5.74, 6) is -0.417. The minimum absolute atomic E-state index is 0.0796. The van der Waals surface area contributed by atoms with E-state index >= 15 is 0 Å². The van der Waals surface area contributed by atoms with Crippen LogP contribution < -0.4 is 5.32 Å². The number of amides is 1. The van der Waals surface area contributed by atoms with Gasteiger partial charge in [0.05, 0.1) is 24.8 Å². The zero-order chi connectivity index (χ0) is 19.9. The van der Waals surface area contributed by atoms with Crippen molar-refractivity contribution >= 4 is 34.7 Å². The van der Waals surface area contributed by atoms with Gasteiger partial charge < -0.3 is 14.5 Å². The third-order valence-electron chi connectivity index (χ3n) is 4.09. The van der Waals surface area contributed by atoms with Crippen LogP contribution in [-0.2, 0) is 14.3 Å². The van der Waals surface area contributed by atoms with Crippen molar-refractivity contribution in [3.8, 4) is 0 Å². The Morgan fingerprint density at radius 2 is 1.93 bits per heavy atom. The zero-order valence-corrected chi connectivity index (χ0v) is 16.6. The normalized spacial score (nSPS) is 11.9. The fourth-order valence-corrected chi connectivity index (χ4v) is 3.36. The molecular formula is C21H22N2O4S. The van der Waals surface area contributed by atoms with Gasteiger partial charge in [-0.15, -0.1) is 0 Å². The van der Waals surface area contributed by atoms with Crippen LogP contribution in [0.3, 0.4) is 0 Å². The molecule has 0 unspecified atom stereocenters. The van der Waals surface area contributed by atoms with E-state index in [2.05, 4.69) is 10.3 Å². The van der Waals surface area contributed by atoms with Crippen LogP contribution in [0.4, 0.5) is 0 Å². The molecule has 1 aromatic heterocycles. The molecule has 0 aliphatic carbocycles. The maximum atomic E-state index is 12.5. The zero-order valence-electron chi connectivity index (χ0n) is 15.8. The Labute approximate surface area is 167 Å². The first-order valence-electron chi connectivity index (χ1n) is 9.05. The summed E-state index contributed by atoms with van der Waals surface area (Å²) in [7, 11) is 0. The Kier molecular flexibility index (Phi) is 6.71.